The Hall–Kier alpha value is -3.03. The number of benzene rings is 1. The molecule has 1 aromatic heterocycles. The van der Waals surface area contributed by atoms with Crippen molar-refractivity contribution in [2.45, 2.75) is 26.3 Å². The van der Waals surface area contributed by atoms with Crippen LogP contribution in [-0.4, -0.2) is 53.9 Å². The van der Waals surface area contributed by atoms with Gasteiger partial charge in [0.2, 0.25) is 5.91 Å². The summed E-state index contributed by atoms with van der Waals surface area (Å²) in [6.07, 6.45) is 0.889. The summed E-state index contributed by atoms with van der Waals surface area (Å²) >= 11 is 0. The van der Waals surface area contributed by atoms with E-state index in [4.69, 9.17) is 14.2 Å². The Labute approximate surface area is 164 Å². The summed E-state index contributed by atoms with van der Waals surface area (Å²) in [6, 6.07) is 5.44. The van der Waals surface area contributed by atoms with Gasteiger partial charge < -0.3 is 19.1 Å². The third-order valence-corrected chi connectivity index (χ3v) is 4.87. The maximum atomic E-state index is 12.9. The molecular formula is C20H25N3O5. The highest BCUT2D eigenvalue weighted by Gasteiger charge is 2.29. The second-order valence-corrected chi connectivity index (χ2v) is 6.55. The molecule has 0 saturated carbocycles. The van der Waals surface area contributed by atoms with Crippen molar-refractivity contribution in [3.05, 3.63) is 40.7 Å². The maximum absolute atomic E-state index is 12.9. The Morgan fingerprint density at radius 1 is 1.18 bits per heavy atom. The molecule has 2 heterocycles. The number of aryl methyl sites for hydroxylation is 1. The van der Waals surface area contributed by atoms with Gasteiger partial charge in [-0.1, -0.05) is 6.07 Å². The Morgan fingerprint density at radius 3 is 2.61 bits per heavy atom. The first kappa shape index (κ1) is 19.7. The van der Waals surface area contributed by atoms with E-state index in [2.05, 4.69) is 5.10 Å². The highest BCUT2D eigenvalue weighted by molar-refractivity contribution is 5.89. The van der Waals surface area contributed by atoms with Crippen LogP contribution in [0.5, 0.6) is 11.5 Å². The number of hydrogen-bond acceptors (Lipinski definition) is 6. The lowest BCUT2D eigenvalue weighted by Gasteiger charge is -2.27. The van der Waals surface area contributed by atoms with E-state index in [0.717, 1.165) is 16.8 Å². The van der Waals surface area contributed by atoms with Crippen LogP contribution in [0.2, 0.25) is 0 Å². The zero-order valence-corrected chi connectivity index (χ0v) is 16.7. The summed E-state index contributed by atoms with van der Waals surface area (Å²) in [4.78, 5) is 26.8. The highest BCUT2D eigenvalue weighted by atomic mass is 16.5. The number of ether oxygens (including phenoxy) is 3. The fourth-order valence-electron chi connectivity index (χ4n) is 3.45. The lowest BCUT2D eigenvalue weighted by Crippen LogP contribution is -2.37. The molecule has 1 aromatic carbocycles. The monoisotopic (exact) mass is 387 g/mol. The largest absolute Gasteiger partial charge is 0.493 e. The molecule has 0 unspecified atom stereocenters. The van der Waals surface area contributed by atoms with Crippen molar-refractivity contribution < 1.29 is 23.8 Å². The van der Waals surface area contributed by atoms with E-state index in [1.54, 1.807) is 42.9 Å². The first-order valence-electron chi connectivity index (χ1n) is 9.19. The van der Waals surface area contributed by atoms with Crippen LogP contribution in [0.25, 0.3) is 0 Å². The molecule has 0 bridgehead atoms. The van der Waals surface area contributed by atoms with Crippen molar-refractivity contribution in [3.63, 3.8) is 0 Å². The summed E-state index contributed by atoms with van der Waals surface area (Å²) in [7, 11) is 4.95. The van der Waals surface area contributed by atoms with Crippen LogP contribution in [0, 0.1) is 0 Å². The summed E-state index contributed by atoms with van der Waals surface area (Å²) in [5, 5.41) is 4.30. The molecule has 0 atom stereocenters. The van der Waals surface area contributed by atoms with E-state index in [9.17, 15) is 9.59 Å². The van der Waals surface area contributed by atoms with Crippen LogP contribution in [-0.2, 0) is 36.0 Å². The zero-order valence-electron chi connectivity index (χ0n) is 16.7. The fraction of sp³-hybridized carbons (Fsp3) is 0.450. The molecule has 1 amide bonds. The quantitative estimate of drug-likeness (QED) is 0.702. The van der Waals surface area contributed by atoms with Gasteiger partial charge in [-0.15, -0.1) is 0 Å². The summed E-state index contributed by atoms with van der Waals surface area (Å²) < 4.78 is 17.4. The molecule has 8 heteroatoms. The van der Waals surface area contributed by atoms with Crippen molar-refractivity contribution in [1.82, 2.24) is 14.7 Å². The summed E-state index contributed by atoms with van der Waals surface area (Å²) in [5.74, 6) is 0.742. The Kier molecular flexibility index (Phi) is 5.87. The van der Waals surface area contributed by atoms with E-state index in [1.165, 1.54) is 0 Å². The normalized spacial score (nSPS) is 13.1. The number of aromatic nitrogens is 2. The van der Waals surface area contributed by atoms with E-state index >= 15 is 0 Å². The first-order chi connectivity index (χ1) is 13.5. The predicted octanol–water partition coefficient (Wildman–Crippen LogP) is 1.74. The number of nitrogens with zero attached hydrogens (tertiary/aromatic N) is 3. The Balaban J connectivity index is 1.76. The molecule has 28 heavy (non-hydrogen) atoms. The third kappa shape index (κ3) is 3.81. The molecule has 3 rings (SSSR count). The molecule has 1 aliphatic heterocycles. The van der Waals surface area contributed by atoms with E-state index in [0.29, 0.717) is 36.7 Å². The molecule has 0 aliphatic carbocycles. The number of carbonyl (C=O) groups excluding carboxylic acids is 2. The summed E-state index contributed by atoms with van der Waals surface area (Å²) in [6.45, 7) is 2.97. The van der Waals surface area contributed by atoms with Crippen LogP contribution in [0.15, 0.2) is 18.2 Å². The Morgan fingerprint density at radius 2 is 1.93 bits per heavy atom. The number of hydrogen-bond donors (Lipinski definition) is 0. The first-order valence-corrected chi connectivity index (χ1v) is 9.19. The molecular weight excluding hydrogens is 362 g/mol. The van der Waals surface area contributed by atoms with Crippen LogP contribution >= 0.6 is 0 Å². The Bertz CT molecular complexity index is 890. The molecule has 150 valence electrons. The van der Waals surface area contributed by atoms with Crippen molar-refractivity contribution in [3.8, 4) is 11.5 Å². The van der Waals surface area contributed by atoms with Crippen LogP contribution in [0.4, 0.5) is 0 Å². The van der Waals surface area contributed by atoms with Gasteiger partial charge in [0.1, 0.15) is 0 Å². The lowest BCUT2D eigenvalue weighted by molar-refractivity contribution is -0.131. The molecule has 0 fully saturated rings. The second-order valence-electron chi connectivity index (χ2n) is 6.55. The molecule has 2 aromatic rings. The molecule has 0 N–H and O–H groups in total. The number of esters is 1. The topological polar surface area (TPSA) is 82.9 Å². The van der Waals surface area contributed by atoms with Gasteiger partial charge >= 0.3 is 5.97 Å². The number of rotatable bonds is 6. The summed E-state index contributed by atoms with van der Waals surface area (Å²) in [5.41, 5.74) is 2.87. The minimum Gasteiger partial charge on any atom is -0.493 e. The van der Waals surface area contributed by atoms with Crippen molar-refractivity contribution >= 4 is 11.9 Å². The highest BCUT2D eigenvalue weighted by Crippen LogP contribution is 2.28. The number of methoxy groups -OCH3 is 2. The SMILES string of the molecule is CCOC(=O)c1nn(C)c2c1CN(C(=O)Cc1ccc(OC)c(OC)c1)CC2. The van der Waals surface area contributed by atoms with Gasteiger partial charge in [-0.05, 0) is 24.6 Å². The molecule has 8 nitrogen and oxygen atoms in total. The van der Waals surface area contributed by atoms with Gasteiger partial charge in [-0.2, -0.15) is 5.10 Å². The smallest absolute Gasteiger partial charge is 0.359 e. The predicted molar refractivity (Wildman–Crippen MR) is 102 cm³/mol. The minimum atomic E-state index is -0.450. The van der Waals surface area contributed by atoms with Crippen molar-refractivity contribution in [2.24, 2.45) is 7.05 Å². The van der Waals surface area contributed by atoms with Crippen molar-refractivity contribution in [2.75, 3.05) is 27.4 Å². The lowest BCUT2D eigenvalue weighted by atomic mass is 10.0. The zero-order chi connectivity index (χ0) is 20.3. The van der Waals surface area contributed by atoms with Gasteiger partial charge in [0, 0.05) is 37.8 Å². The van der Waals surface area contributed by atoms with E-state index in [1.807, 2.05) is 13.1 Å². The fourth-order valence-corrected chi connectivity index (χ4v) is 3.45. The number of fused-ring (bicyclic) bond motifs is 1. The molecule has 1 aliphatic rings. The number of carbonyl (C=O) groups is 2. The number of amides is 1. The van der Waals surface area contributed by atoms with Crippen LogP contribution < -0.4 is 9.47 Å². The molecule has 0 spiro atoms. The van der Waals surface area contributed by atoms with Gasteiger partial charge in [-0.3, -0.25) is 9.48 Å². The third-order valence-electron chi connectivity index (χ3n) is 4.87. The standard InChI is InChI=1S/C20H25N3O5/c1-5-28-20(25)19-14-12-23(9-8-15(14)22(2)21-19)18(24)11-13-6-7-16(26-3)17(10-13)27-4/h6-7,10H,5,8-9,11-12H2,1-4H3. The van der Waals surface area contributed by atoms with Gasteiger partial charge in [0.25, 0.3) is 0 Å². The average molecular weight is 387 g/mol. The van der Waals surface area contributed by atoms with Gasteiger partial charge in [0.05, 0.1) is 27.2 Å². The van der Waals surface area contributed by atoms with E-state index < -0.39 is 5.97 Å². The molecule has 0 radical (unpaired) electrons. The maximum Gasteiger partial charge on any atom is 0.359 e. The van der Waals surface area contributed by atoms with Gasteiger partial charge in [-0.25, -0.2) is 4.79 Å². The second kappa shape index (κ2) is 8.33. The van der Waals surface area contributed by atoms with Crippen LogP contribution in [0.1, 0.15) is 34.2 Å². The minimum absolute atomic E-state index is 0.0171. The van der Waals surface area contributed by atoms with Crippen LogP contribution in [0.3, 0.4) is 0 Å². The van der Waals surface area contributed by atoms with E-state index in [-0.39, 0.29) is 18.9 Å². The van der Waals surface area contributed by atoms with Crippen molar-refractivity contribution in [1.29, 1.82) is 0 Å². The van der Waals surface area contributed by atoms with Gasteiger partial charge in [0.15, 0.2) is 17.2 Å². The molecule has 0 saturated heterocycles. The average Bonchev–Trinajstić information content (AvgIpc) is 3.04.